The molecule has 1 N–H and O–H groups in total. The molecule has 0 bridgehead atoms. The van der Waals surface area contributed by atoms with Gasteiger partial charge in [0, 0.05) is 19.2 Å². The van der Waals surface area contributed by atoms with E-state index >= 15 is 0 Å². The lowest BCUT2D eigenvalue weighted by Gasteiger charge is -2.32. The molecule has 3 heterocycles. The van der Waals surface area contributed by atoms with Gasteiger partial charge in [-0.3, -0.25) is 9.69 Å². The van der Waals surface area contributed by atoms with Crippen molar-refractivity contribution in [2.45, 2.75) is 19.3 Å². The number of pyridine rings is 1. The van der Waals surface area contributed by atoms with Gasteiger partial charge in [-0.05, 0) is 43.5 Å². The number of halogens is 1. The fourth-order valence-electron chi connectivity index (χ4n) is 2.92. The van der Waals surface area contributed by atoms with E-state index < -0.39 is 0 Å². The summed E-state index contributed by atoms with van der Waals surface area (Å²) >= 11 is 5.82. The largest absolute Gasteiger partial charge is 0.317 e. The number of amides is 1. The van der Waals surface area contributed by atoms with Crippen molar-refractivity contribution in [1.82, 2.24) is 10.3 Å². The van der Waals surface area contributed by atoms with Gasteiger partial charge in [-0.1, -0.05) is 11.6 Å². The van der Waals surface area contributed by atoms with Crippen LogP contribution in [0.4, 0.5) is 5.82 Å². The first-order valence-electron chi connectivity index (χ1n) is 6.31. The summed E-state index contributed by atoms with van der Waals surface area (Å²) in [6, 6.07) is 3.60. The van der Waals surface area contributed by atoms with Gasteiger partial charge in [0.25, 0.3) is 0 Å². The maximum Gasteiger partial charge on any atom is 0.228 e. The molecule has 5 heteroatoms. The molecule has 0 aromatic carbocycles. The monoisotopic (exact) mass is 265 g/mol. The first kappa shape index (κ1) is 11.9. The van der Waals surface area contributed by atoms with E-state index in [1.54, 1.807) is 12.3 Å². The van der Waals surface area contributed by atoms with Crippen LogP contribution in [-0.2, 0) is 4.79 Å². The van der Waals surface area contributed by atoms with E-state index in [1.807, 2.05) is 11.0 Å². The second kappa shape index (κ2) is 4.52. The molecule has 0 unspecified atom stereocenters. The number of aromatic nitrogens is 1. The Kier molecular flexibility index (Phi) is 2.99. The third-order valence-electron chi connectivity index (χ3n) is 3.97. The van der Waals surface area contributed by atoms with Gasteiger partial charge in [0.05, 0.1) is 5.02 Å². The van der Waals surface area contributed by atoms with Gasteiger partial charge in [0.1, 0.15) is 5.82 Å². The number of nitrogens with zero attached hydrogens (tertiary/aromatic N) is 2. The Bertz CT molecular complexity index is 454. The van der Waals surface area contributed by atoms with Crippen LogP contribution in [-0.4, -0.2) is 30.5 Å². The SMILES string of the molecule is O=C1CC2(CCNCC2)CN1c1ccc(Cl)cn1. The van der Waals surface area contributed by atoms with Crippen molar-refractivity contribution >= 4 is 23.3 Å². The molecule has 2 saturated heterocycles. The molecule has 0 aliphatic carbocycles. The first-order chi connectivity index (χ1) is 8.69. The molecule has 0 saturated carbocycles. The molecule has 2 aliphatic rings. The molecule has 1 spiro atoms. The maximum atomic E-state index is 12.2. The summed E-state index contributed by atoms with van der Waals surface area (Å²) in [5, 5.41) is 3.95. The van der Waals surface area contributed by atoms with E-state index in [2.05, 4.69) is 10.3 Å². The molecule has 0 radical (unpaired) electrons. The predicted molar refractivity (Wildman–Crippen MR) is 70.8 cm³/mol. The number of nitrogens with one attached hydrogen (secondary N) is 1. The Labute approximate surface area is 111 Å². The number of carbonyl (C=O) groups is 1. The van der Waals surface area contributed by atoms with E-state index in [4.69, 9.17) is 11.6 Å². The van der Waals surface area contributed by atoms with Crippen LogP contribution in [0.5, 0.6) is 0 Å². The highest BCUT2D eigenvalue weighted by Gasteiger charge is 2.44. The quantitative estimate of drug-likeness (QED) is 0.843. The van der Waals surface area contributed by atoms with Crippen molar-refractivity contribution < 1.29 is 4.79 Å². The highest BCUT2D eigenvalue weighted by atomic mass is 35.5. The summed E-state index contributed by atoms with van der Waals surface area (Å²) in [4.78, 5) is 18.2. The van der Waals surface area contributed by atoms with Gasteiger partial charge < -0.3 is 5.32 Å². The van der Waals surface area contributed by atoms with Crippen molar-refractivity contribution in [1.29, 1.82) is 0 Å². The van der Waals surface area contributed by atoms with E-state index in [0.29, 0.717) is 11.4 Å². The summed E-state index contributed by atoms with van der Waals surface area (Å²) in [6.07, 6.45) is 4.39. The third kappa shape index (κ3) is 2.10. The van der Waals surface area contributed by atoms with Gasteiger partial charge in [-0.2, -0.15) is 0 Å². The number of piperidine rings is 1. The van der Waals surface area contributed by atoms with Crippen molar-refractivity contribution in [2.75, 3.05) is 24.5 Å². The average molecular weight is 266 g/mol. The zero-order valence-corrected chi connectivity index (χ0v) is 10.9. The number of rotatable bonds is 1. The van der Waals surface area contributed by atoms with Crippen LogP contribution in [0.3, 0.4) is 0 Å². The van der Waals surface area contributed by atoms with Crippen LogP contribution in [0.2, 0.25) is 5.02 Å². The van der Waals surface area contributed by atoms with E-state index in [9.17, 15) is 4.79 Å². The average Bonchev–Trinajstić information content (AvgIpc) is 2.68. The van der Waals surface area contributed by atoms with Crippen LogP contribution >= 0.6 is 11.6 Å². The summed E-state index contributed by atoms with van der Waals surface area (Å²) in [7, 11) is 0. The Morgan fingerprint density at radius 2 is 2.11 bits per heavy atom. The molecule has 1 amide bonds. The zero-order chi connectivity index (χ0) is 12.6. The van der Waals surface area contributed by atoms with Crippen LogP contribution in [0, 0.1) is 5.41 Å². The molecule has 0 atom stereocenters. The molecule has 4 nitrogen and oxygen atoms in total. The smallest absolute Gasteiger partial charge is 0.228 e. The summed E-state index contributed by atoms with van der Waals surface area (Å²) in [5.74, 6) is 0.909. The molecular weight excluding hydrogens is 250 g/mol. The maximum absolute atomic E-state index is 12.2. The molecule has 96 valence electrons. The first-order valence-corrected chi connectivity index (χ1v) is 6.69. The minimum absolute atomic E-state index is 0.156. The predicted octanol–water partition coefficient (Wildman–Crippen LogP) is 1.84. The van der Waals surface area contributed by atoms with Gasteiger partial charge in [0.15, 0.2) is 0 Å². The molecule has 2 fully saturated rings. The van der Waals surface area contributed by atoms with Crippen molar-refractivity contribution in [3.05, 3.63) is 23.4 Å². The summed E-state index contributed by atoms with van der Waals surface area (Å²) in [6.45, 7) is 2.81. The van der Waals surface area contributed by atoms with Gasteiger partial charge >= 0.3 is 0 Å². The Hall–Kier alpha value is -1.13. The number of hydrogen-bond acceptors (Lipinski definition) is 3. The lowest BCUT2D eigenvalue weighted by atomic mass is 9.78. The Balaban J connectivity index is 1.82. The standard InChI is InChI=1S/C13H16ClN3O/c14-10-1-2-11(16-8-10)17-9-13(7-12(17)18)3-5-15-6-4-13/h1-2,8,15H,3-7,9H2. The van der Waals surface area contributed by atoms with Crippen LogP contribution in [0.1, 0.15) is 19.3 Å². The molecular formula is C13H16ClN3O. The van der Waals surface area contributed by atoms with E-state index in [-0.39, 0.29) is 11.3 Å². The van der Waals surface area contributed by atoms with Crippen molar-refractivity contribution in [3.63, 3.8) is 0 Å². The molecule has 18 heavy (non-hydrogen) atoms. The minimum atomic E-state index is 0.156. The fraction of sp³-hybridized carbons (Fsp3) is 0.538. The highest BCUT2D eigenvalue weighted by molar-refractivity contribution is 6.30. The molecule has 3 rings (SSSR count). The summed E-state index contributed by atoms with van der Waals surface area (Å²) < 4.78 is 0. The molecule has 1 aromatic heterocycles. The lowest BCUT2D eigenvalue weighted by molar-refractivity contribution is -0.118. The van der Waals surface area contributed by atoms with Crippen molar-refractivity contribution in [3.8, 4) is 0 Å². The number of anilines is 1. The van der Waals surface area contributed by atoms with Gasteiger partial charge in [0.2, 0.25) is 5.91 Å². The van der Waals surface area contributed by atoms with Crippen molar-refractivity contribution in [2.24, 2.45) is 5.41 Å². The van der Waals surface area contributed by atoms with E-state index in [0.717, 1.165) is 38.3 Å². The molecule has 2 aliphatic heterocycles. The third-order valence-corrected chi connectivity index (χ3v) is 4.20. The Morgan fingerprint density at radius 1 is 1.33 bits per heavy atom. The second-order valence-corrected chi connectivity index (χ2v) is 5.68. The Morgan fingerprint density at radius 3 is 2.78 bits per heavy atom. The highest BCUT2D eigenvalue weighted by Crippen LogP contribution is 2.40. The van der Waals surface area contributed by atoms with Crippen LogP contribution in [0.25, 0.3) is 0 Å². The van der Waals surface area contributed by atoms with E-state index in [1.165, 1.54) is 0 Å². The summed E-state index contributed by atoms with van der Waals surface area (Å²) in [5.41, 5.74) is 0.156. The number of hydrogen-bond donors (Lipinski definition) is 1. The zero-order valence-electron chi connectivity index (χ0n) is 10.2. The number of carbonyl (C=O) groups excluding carboxylic acids is 1. The second-order valence-electron chi connectivity index (χ2n) is 5.24. The topological polar surface area (TPSA) is 45.2 Å². The minimum Gasteiger partial charge on any atom is -0.317 e. The van der Waals surface area contributed by atoms with Gasteiger partial charge in [-0.25, -0.2) is 4.98 Å². The van der Waals surface area contributed by atoms with Crippen LogP contribution < -0.4 is 10.2 Å². The van der Waals surface area contributed by atoms with Gasteiger partial charge in [-0.15, -0.1) is 0 Å². The fourth-order valence-corrected chi connectivity index (χ4v) is 3.04. The normalized spacial score (nSPS) is 22.7. The van der Waals surface area contributed by atoms with Crippen LogP contribution in [0.15, 0.2) is 18.3 Å². The lowest BCUT2D eigenvalue weighted by Crippen LogP contribution is -2.38. The molecule has 1 aromatic rings.